The van der Waals surface area contributed by atoms with Gasteiger partial charge in [0, 0.05) is 22.6 Å². The van der Waals surface area contributed by atoms with Gasteiger partial charge in [0.1, 0.15) is 0 Å². The Balaban J connectivity index is 1.72. The molecule has 0 radical (unpaired) electrons. The van der Waals surface area contributed by atoms with Crippen molar-refractivity contribution in [3.63, 3.8) is 0 Å². The van der Waals surface area contributed by atoms with Gasteiger partial charge < -0.3 is 4.90 Å². The molecule has 3 nitrogen and oxygen atoms in total. The van der Waals surface area contributed by atoms with Gasteiger partial charge in [-0.1, -0.05) is 42.8 Å². The van der Waals surface area contributed by atoms with Gasteiger partial charge in [0.2, 0.25) is 5.91 Å². The second kappa shape index (κ2) is 8.71. The monoisotopic (exact) mass is 408 g/mol. The SMILES string of the molecule is C=CCC1CCC(c2ccc(Cl)cc2)N(C(CC)c2cccc(C3CC3)n2)C1=O. The van der Waals surface area contributed by atoms with Crippen molar-refractivity contribution < 1.29 is 4.79 Å². The van der Waals surface area contributed by atoms with Crippen LogP contribution < -0.4 is 0 Å². The van der Waals surface area contributed by atoms with E-state index >= 15 is 0 Å². The topological polar surface area (TPSA) is 33.2 Å². The molecule has 1 amide bonds. The zero-order valence-corrected chi connectivity index (χ0v) is 17.8. The number of rotatable bonds is 7. The Morgan fingerprint density at radius 2 is 1.93 bits per heavy atom. The fraction of sp³-hybridized carbons (Fsp3) is 0.440. The number of allylic oxidation sites excluding steroid dienone is 1. The van der Waals surface area contributed by atoms with Crippen LogP contribution in [0.4, 0.5) is 0 Å². The van der Waals surface area contributed by atoms with Crippen LogP contribution in [-0.4, -0.2) is 15.8 Å². The molecule has 1 aliphatic heterocycles. The van der Waals surface area contributed by atoms with Gasteiger partial charge in [-0.3, -0.25) is 9.78 Å². The number of nitrogens with zero attached hydrogens (tertiary/aromatic N) is 2. The van der Waals surface area contributed by atoms with Crippen LogP contribution in [0.15, 0.2) is 55.1 Å². The molecule has 2 heterocycles. The first-order valence-electron chi connectivity index (χ1n) is 10.8. The average Bonchev–Trinajstić information content (AvgIpc) is 3.58. The van der Waals surface area contributed by atoms with Crippen LogP contribution in [0.25, 0.3) is 0 Å². The highest BCUT2D eigenvalue weighted by molar-refractivity contribution is 6.30. The number of pyridine rings is 1. The van der Waals surface area contributed by atoms with Crippen molar-refractivity contribution in [1.82, 2.24) is 9.88 Å². The number of halogens is 1. The van der Waals surface area contributed by atoms with Crippen molar-refractivity contribution in [2.45, 2.75) is 63.5 Å². The molecule has 1 saturated heterocycles. The number of hydrogen-bond donors (Lipinski definition) is 0. The van der Waals surface area contributed by atoms with Crippen LogP contribution >= 0.6 is 11.6 Å². The number of piperidine rings is 1. The smallest absolute Gasteiger partial charge is 0.227 e. The minimum absolute atomic E-state index is 0.0108. The van der Waals surface area contributed by atoms with Gasteiger partial charge in [-0.2, -0.15) is 0 Å². The van der Waals surface area contributed by atoms with E-state index in [4.69, 9.17) is 16.6 Å². The molecule has 1 saturated carbocycles. The van der Waals surface area contributed by atoms with Crippen LogP contribution in [0.5, 0.6) is 0 Å². The second-order valence-corrected chi connectivity index (χ2v) is 8.73. The maximum atomic E-state index is 13.6. The first-order chi connectivity index (χ1) is 14.1. The molecule has 1 aromatic carbocycles. The van der Waals surface area contributed by atoms with Crippen molar-refractivity contribution in [3.8, 4) is 0 Å². The lowest BCUT2D eigenvalue weighted by Crippen LogP contribution is -2.45. The molecular formula is C25H29ClN2O. The summed E-state index contributed by atoms with van der Waals surface area (Å²) >= 11 is 6.12. The van der Waals surface area contributed by atoms with E-state index in [9.17, 15) is 4.79 Å². The summed E-state index contributed by atoms with van der Waals surface area (Å²) in [5.74, 6) is 0.836. The molecule has 3 atom stereocenters. The third-order valence-electron chi connectivity index (χ3n) is 6.29. The van der Waals surface area contributed by atoms with Gasteiger partial charge in [-0.15, -0.1) is 6.58 Å². The number of carbonyl (C=O) groups excluding carboxylic acids is 1. The molecule has 4 rings (SSSR count). The van der Waals surface area contributed by atoms with Gasteiger partial charge >= 0.3 is 0 Å². The Bertz CT molecular complexity index is 875. The molecule has 152 valence electrons. The van der Waals surface area contributed by atoms with E-state index in [1.54, 1.807) is 0 Å². The lowest BCUT2D eigenvalue weighted by Gasteiger charge is -2.44. The lowest BCUT2D eigenvalue weighted by atomic mass is 9.84. The van der Waals surface area contributed by atoms with Gasteiger partial charge in [-0.05, 0) is 68.4 Å². The van der Waals surface area contributed by atoms with E-state index in [0.717, 1.165) is 42.0 Å². The Kier molecular flexibility index (Phi) is 6.05. The summed E-state index contributed by atoms with van der Waals surface area (Å²) in [7, 11) is 0. The largest absolute Gasteiger partial charge is 0.327 e. The molecule has 0 spiro atoms. The first-order valence-corrected chi connectivity index (χ1v) is 11.2. The molecule has 2 aliphatic rings. The number of carbonyl (C=O) groups is 1. The molecule has 1 aromatic heterocycles. The van der Waals surface area contributed by atoms with Gasteiger partial charge in [0.15, 0.2) is 0 Å². The van der Waals surface area contributed by atoms with Crippen LogP contribution in [0, 0.1) is 5.92 Å². The summed E-state index contributed by atoms with van der Waals surface area (Å²) in [6.45, 7) is 6.02. The highest BCUT2D eigenvalue weighted by Gasteiger charge is 2.40. The minimum atomic E-state index is -0.0190. The molecule has 4 heteroatoms. The molecule has 0 bridgehead atoms. The predicted octanol–water partition coefficient (Wildman–Crippen LogP) is 6.62. The maximum absolute atomic E-state index is 13.6. The number of aromatic nitrogens is 1. The van der Waals surface area contributed by atoms with Gasteiger partial charge in [0.05, 0.1) is 17.8 Å². The normalized spacial score (nSPS) is 23.1. The van der Waals surface area contributed by atoms with Crippen molar-refractivity contribution >= 4 is 17.5 Å². The van der Waals surface area contributed by atoms with Crippen LogP contribution in [0.1, 0.15) is 80.4 Å². The lowest BCUT2D eigenvalue weighted by molar-refractivity contribution is -0.145. The Morgan fingerprint density at radius 1 is 1.17 bits per heavy atom. The molecule has 0 N–H and O–H groups in total. The van der Waals surface area contributed by atoms with Crippen molar-refractivity contribution in [2.75, 3.05) is 0 Å². The van der Waals surface area contributed by atoms with Gasteiger partial charge in [0.25, 0.3) is 0 Å². The maximum Gasteiger partial charge on any atom is 0.227 e. The van der Waals surface area contributed by atoms with Crippen LogP contribution in [0.3, 0.4) is 0 Å². The quantitative estimate of drug-likeness (QED) is 0.482. The Labute approximate surface area is 178 Å². The highest BCUT2D eigenvalue weighted by atomic mass is 35.5. The molecule has 29 heavy (non-hydrogen) atoms. The Hall–Kier alpha value is -2.13. The van der Waals surface area contributed by atoms with Gasteiger partial charge in [-0.25, -0.2) is 0 Å². The number of likely N-dealkylation sites (tertiary alicyclic amines) is 1. The van der Waals surface area contributed by atoms with Crippen molar-refractivity contribution in [1.29, 1.82) is 0 Å². The fourth-order valence-corrected chi connectivity index (χ4v) is 4.72. The summed E-state index contributed by atoms with van der Waals surface area (Å²) in [6, 6.07) is 14.3. The first kappa shape index (κ1) is 20.2. The Morgan fingerprint density at radius 3 is 2.59 bits per heavy atom. The zero-order valence-electron chi connectivity index (χ0n) is 17.1. The number of benzene rings is 1. The van der Waals surface area contributed by atoms with Crippen molar-refractivity contribution in [2.24, 2.45) is 5.92 Å². The van der Waals surface area contributed by atoms with E-state index in [2.05, 4.69) is 48.7 Å². The van der Waals surface area contributed by atoms with E-state index in [1.165, 1.54) is 18.5 Å². The summed E-state index contributed by atoms with van der Waals surface area (Å²) in [4.78, 5) is 20.7. The highest BCUT2D eigenvalue weighted by Crippen LogP contribution is 2.43. The number of hydrogen-bond acceptors (Lipinski definition) is 2. The molecule has 2 aromatic rings. The van der Waals surface area contributed by atoms with E-state index in [1.807, 2.05) is 18.2 Å². The fourth-order valence-electron chi connectivity index (χ4n) is 4.60. The summed E-state index contributed by atoms with van der Waals surface area (Å²) < 4.78 is 0. The van der Waals surface area contributed by atoms with Crippen molar-refractivity contribution in [3.05, 3.63) is 77.1 Å². The third kappa shape index (κ3) is 4.25. The molecular weight excluding hydrogens is 380 g/mol. The molecule has 3 unspecified atom stereocenters. The summed E-state index contributed by atoms with van der Waals surface area (Å²) in [5, 5.41) is 0.720. The minimum Gasteiger partial charge on any atom is -0.327 e. The van der Waals surface area contributed by atoms with E-state index in [-0.39, 0.29) is 23.9 Å². The molecule has 1 aliphatic carbocycles. The molecule has 2 fully saturated rings. The number of amides is 1. The van der Waals surface area contributed by atoms with Crippen LogP contribution in [0.2, 0.25) is 5.02 Å². The zero-order chi connectivity index (χ0) is 20.4. The predicted molar refractivity (Wildman–Crippen MR) is 118 cm³/mol. The summed E-state index contributed by atoms with van der Waals surface area (Å²) in [5.41, 5.74) is 3.34. The summed E-state index contributed by atoms with van der Waals surface area (Å²) in [6.07, 6.45) is 7.74. The average molecular weight is 409 g/mol. The van der Waals surface area contributed by atoms with E-state index in [0.29, 0.717) is 5.92 Å². The standard InChI is InChI=1S/C25H29ClN2O/c1-3-6-19-13-16-24(18-11-14-20(26)15-12-18)28(25(19)29)23(4-2)22-8-5-7-21(27-22)17-9-10-17/h3,5,7-8,11-12,14-15,17,19,23-24H,1,4,6,9-10,13,16H2,2H3. The van der Waals surface area contributed by atoms with E-state index < -0.39 is 0 Å². The van der Waals surface area contributed by atoms with Crippen LogP contribution in [-0.2, 0) is 4.79 Å². The second-order valence-electron chi connectivity index (χ2n) is 8.30. The third-order valence-corrected chi connectivity index (χ3v) is 6.54.